The molecule has 0 aliphatic carbocycles. The Balaban J connectivity index is 2.41. The summed E-state index contributed by atoms with van der Waals surface area (Å²) in [4.78, 5) is 0. The van der Waals surface area contributed by atoms with E-state index in [1.165, 1.54) is 0 Å². The van der Waals surface area contributed by atoms with Gasteiger partial charge in [0.25, 0.3) is 0 Å². The first-order valence-electron chi connectivity index (χ1n) is 4.96. The van der Waals surface area contributed by atoms with Crippen LogP contribution in [0.15, 0.2) is 0 Å². The Morgan fingerprint density at radius 3 is 2.71 bits per heavy atom. The van der Waals surface area contributed by atoms with Gasteiger partial charge in [0.15, 0.2) is 0 Å². The SMILES string of the molecule is C=P(C)(OC)OCC1(C)CCC(C)O1. The largest absolute Gasteiger partial charge is 0.370 e. The van der Waals surface area contributed by atoms with Crippen molar-refractivity contribution in [2.45, 2.75) is 38.4 Å². The van der Waals surface area contributed by atoms with Crippen molar-refractivity contribution in [1.82, 2.24) is 0 Å². The molecule has 1 heterocycles. The van der Waals surface area contributed by atoms with Crippen LogP contribution in [0.4, 0.5) is 0 Å². The van der Waals surface area contributed by atoms with Crippen molar-refractivity contribution in [1.29, 1.82) is 0 Å². The monoisotopic (exact) mass is 220 g/mol. The second-order valence-electron chi connectivity index (χ2n) is 4.39. The van der Waals surface area contributed by atoms with E-state index in [1.807, 2.05) is 6.66 Å². The summed E-state index contributed by atoms with van der Waals surface area (Å²) in [6, 6.07) is 0. The van der Waals surface area contributed by atoms with Gasteiger partial charge in [0.2, 0.25) is 0 Å². The van der Waals surface area contributed by atoms with Crippen LogP contribution in [0, 0.1) is 0 Å². The molecule has 0 aromatic heterocycles. The molecule has 0 spiro atoms. The zero-order chi connectivity index (χ0) is 10.8. The first-order chi connectivity index (χ1) is 6.37. The molecule has 0 aromatic rings. The predicted octanol–water partition coefficient (Wildman–Crippen LogP) is 2.52. The highest BCUT2D eigenvalue weighted by Crippen LogP contribution is 2.44. The molecule has 0 N–H and O–H groups in total. The Morgan fingerprint density at radius 2 is 2.29 bits per heavy atom. The summed E-state index contributed by atoms with van der Waals surface area (Å²) in [6.07, 6.45) is 6.42. The maximum Gasteiger partial charge on any atom is 0.114 e. The highest BCUT2D eigenvalue weighted by Gasteiger charge is 2.35. The molecule has 3 nitrogen and oxygen atoms in total. The van der Waals surface area contributed by atoms with E-state index < -0.39 is 7.34 Å². The van der Waals surface area contributed by atoms with Crippen LogP contribution in [0.1, 0.15) is 26.7 Å². The summed E-state index contributed by atoms with van der Waals surface area (Å²) >= 11 is 0. The molecule has 84 valence electrons. The maximum absolute atomic E-state index is 5.80. The van der Waals surface area contributed by atoms with E-state index >= 15 is 0 Å². The molecule has 4 heteroatoms. The Labute approximate surface area is 86.9 Å². The third-order valence-corrected chi connectivity index (χ3v) is 4.04. The molecule has 0 bridgehead atoms. The third-order valence-electron chi connectivity index (χ3n) is 2.59. The van der Waals surface area contributed by atoms with Gasteiger partial charge in [-0.1, -0.05) is 6.30 Å². The number of hydrogen-bond acceptors (Lipinski definition) is 3. The van der Waals surface area contributed by atoms with Crippen molar-refractivity contribution in [3.63, 3.8) is 0 Å². The maximum atomic E-state index is 5.80. The summed E-state index contributed by atoms with van der Waals surface area (Å²) in [5.41, 5.74) is -0.142. The van der Waals surface area contributed by atoms with E-state index in [2.05, 4.69) is 20.1 Å². The van der Waals surface area contributed by atoms with Crippen LogP contribution in [0.2, 0.25) is 0 Å². The average Bonchev–Trinajstić information content (AvgIpc) is 2.45. The smallest absolute Gasteiger partial charge is 0.114 e. The van der Waals surface area contributed by atoms with Gasteiger partial charge in [0, 0.05) is 13.8 Å². The second kappa shape index (κ2) is 4.36. The van der Waals surface area contributed by atoms with Crippen molar-refractivity contribution in [2.75, 3.05) is 20.4 Å². The van der Waals surface area contributed by atoms with Crippen molar-refractivity contribution in [2.24, 2.45) is 0 Å². The van der Waals surface area contributed by atoms with Gasteiger partial charge < -0.3 is 13.8 Å². The Hall–Kier alpha value is 0.180. The Kier molecular flexibility index (Phi) is 3.81. The zero-order valence-corrected chi connectivity index (χ0v) is 10.5. The van der Waals surface area contributed by atoms with Crippen LogP contribution >= 0.6 is 7.34 Å². The van der Waals surface area contributed by atoms with E-state index in [0.717, 1.165) is 12.8 Å². The topological polar surface area (TPSA) is 27.7 Å². The van der Waals surface area contributed by atoms with E-state index in [9.17, 15) is 0 Å². The molecular weight excluding hydrogens is 199 g/mol. The lowest BCUT2D eigenvalue weighted by Crippen LogP contribution is -2.30. The van der Waals surface area contributed by atoms with Gasteiger partial charge >= 0.3 is 0 Å². The molecule has 1 aliphatic heterocycles. The fraction of sp³-hybridized carbons (Fsp3) is 0.900. The minimum Gasteiger partial charge on any atom is -0.370 e. The molecule has 1 saturated heterocycles. The Bertz CT molecular complexity index is 242. The van der Waals surface area contributed by atoms with Crippen LogP contribution in [-0.2, 0) is 13.8 Å². The van der Waals surface area contributed by atoms with Gasteiger partial charge in [-0.05, 0) is 26.7 Å². The fourth-order valence-electron chi connectivity index (χ4n) is 1.54. The number of rotatable bonds is 4. The van der Waals surface area contributed by atoms with E-state index in [4.69, 9.17) is 13.8 Å². The normalized spacial score (nSPS) is 37.0. The molecule has 0 amide bonds. The Morgan fingerprint density at radius 1 is 1.64 bits per heavy atom. The number of hydrogen-bond donors (Lipinski definition) is 0. The van der Waals surface area contributed by atoms with Crippen LogP contribution < -0.4 is 0 Å². The van der Waals surface area contributed by atoms with Gasteiger partial charge in [-0.15, -0.1) is 0 Å². The highest BCUT2D eigenvalue weighted by atomic mass is 31.2. The molecule has 1 rings (SSSR count). The molecule has 0 aromatic carbocycles. The quantitative estimate of drug-likeness (QED) is 0.681. The molecule has 3 atom stereocenters. The molecule has 1 fully saturated rings. The summed E-state index contributed by atoms with van der Waals surface area (Å²) in [6.45, 7) is 6.68. The summed E-state index contributed by atoms with van der Waals surface area (Å²) in [7, 11) is -0.228. The van der Waals surface area contributed by atoms with Crippen molar-refractivity contribution < 1.29 is 13.8 Å². The summed E-state index contributed by atoms with van der Waals surface area (Å²) in [5.74, 6) is 0. The predicted molar refractivity (Wildman–Crippen MR) is 61.1 cm³/mol. The molecule has 3 unspecified atom stereocenters. The molecule has 1 aliphatic rings. The van der Waals surface area contributed by atoms with Crippen LogP contribution in [0.5, 0.6) is 0 Å². The van der Waals surface area contributed by atoms with Crippen LogP contribution in [0.3, 0.4) is 0 Å². The molecule has 0 radical (unpaired) electrons. The lowest BCUT2D eigenvalue weighted by Gasteiger charge is -2.27. The minimum absolute atomic E-state index is 0.142. The standard InChI is InChI=1S/C10H21O3P/c1-9-6-7-10(2,13-9)8-12-14(4,5)11-3/h9H,4,6-8H2,1-3,5H3. The lowest BCUT2D eigenvalue weighted by molar-refractivity contribution is -0.0482. The van der Waals surface area contributed by atoms with Gasteiger partial charge in [0.05, 0.1) is 18.3 Å². The van der Waals surface area contributed by atoms with Crippen molar-refractivity contribution in [3.8, 4) is 0 Å². The van der Waals surface area contributed by atoms with Crippen molar-refractivity contribution in [3.05, 3.63) is 0 Å². The molecule has 14 heavy (non-hydrogen) atoms. The van der Waals surface area contributed by atoms with Crippen LogP contribution in [-0.4, -0.2) is 38.4 Å². The average molecular weight is 220 g/mol. The van der Waals surface area contributed by atoms with Crippen molar-refractivity contribution >= 4 is 13.6 Å². The second-order valence-corrected chi connectivity index (χ2v) is 7.04. The third kappa shape index (κ3) is 3.39. The summed E-state index contributed by atoms with van der Waals surface area (Å²) in [5, 5.41) is 0. The first-order valence-corrected chi connectivity index (χ1v) is 7.22. The molecular formula is C10H21O3P. The van der Waals surface area contributed by atoms with Gasteiger partial charge in [0.1, 0.15) is 7.34 Å². The number of ether oxygens (including phenoxy) is 1. The van der Waals surface area contributed by atoms with Gasteiger partial charge in [-0.2, -0.15) is 0 Å². The molecule has 0 saturated carbocycles. The summed E-state index contributed by atoms with van der Waals surface area (Å²) < 4.78 is 16.7. The van der Waals surface area contributed by atoms with Gasteiger partial charge in [-0.3, -0.25) is 0 Å². The van der Waals surface area contributed by atoms with Gasteiger partial charge in [-0.25, -0.2) is 0 Å². The lowest BCUT2D eigenvalue weighted by atomic mass is 10.0. The zero-order valence-electron chi connectivity index (χ0n) is 9.58. The van der Waals surface area contributed by atoms with E-state index in [1.54, 1.807) is 7.11 Å². The fourth-order valence-corrected chi connectivity index (χ4v) is 2.20. The van der Waals surface area contributed by atoms with E-state index in [-0.39, 0.29) is 5.60 Å². The minimum atomic E-state index is -1.87. The highest BCUT2D eigenvalue weighted by molar-refractivity contribution is 7.63. The first kappa shape index (κ1) is 12.3. The van der Waals surface area contributed by atoms with Crippen LogP contribution in [0.25, 0.3) is 0 Å². The van der Waals surface area contributed by atoms with E-state index in [0.29, 0.717) is 12.7 Å².